The number of aryl methyl sites for hydroxylation is 1. The highest BCUT2D eigenvalue weighted by molar-refractivity contribution is 8.18. The van der Waals surface area contributed by atoms with E-state index in [9.17, 15) is 32.5 Å². The fraction of sp³-hybridized carbons (Fsp3) is 0.120. The lowest BCUT2D eigenvalue weighted by atomic mass is 10.1. The van der Waals surface area contributed by atoms with Crippen LogP contribution in [0.4, 0.5) is 14.9 Å². The van der Waals surface area contributed by atoms with Gasteiger partial charge in [-0.15, -0.1) is 0 Å². The SMILES string of the molecule is COc1cc(C=C2SC(=O)N(Cc3ccccc3F)C2=O)ccc1OS(=O)(=O)c1ccc(C)c([N+](=O)[O-])c1. The summed E-state index contributed by atoms with van der Waals surface area (Å²) in [5.41, 5.74) is 0.503. The first-order chi connectivity index (χ1) is 18.0. The Bertz CT molecular complexity index is 1600. The van der Waals surface area contributed by atoms with Crippen molar-refractivity contribution in [3.8, 4) is 11.5 Å². The molecule has 4 rings (SSSR count). The number of hydrogen-bond acceptors (Lipinski definition) is 9. The third kappa shape index (κ3) is 5.53. The second kappa shape index (κ2) is 10.6. The maximum atomic E-state index is 14.0. The molecule has 1 aliphatic rings. The van der Waals surface area contributed by atoms with Crippen LogP contribution < -0.4 is 8.92 Å². The van der Waals surface area contributed by atoms with Crippen molar-refractivity contribution < 1.29 is 36.2 Å². The van der Waals surface area contributed by atoms with Gasteiger partial charge in [0.2, 0.25) is 0 Å². The van der Waals surface area contributed by atoms with E-state index in [1.807, 2.05) is 0 Å². The first-order valence-electron chi connectivity index (χ1n) is 10.9. The number of benzene rings is 3. The van der Waals surface area contributed by atoms with E-state index in [4.69, 9.17) is 8.92 Å². The van der Waals surface area contributed by atoms with Crippen LogP contribution in [0.25, 0.3) is 6.08 Å². The third-order valence-electron chi connectivity index (χ3n) is 5.51. The average Bonchev–Trinajstić information content (AvgIpc) is 3.13. The van der Waals surface area contributed by atoms with E-state index in [0.717, 1.165) is 11.0 Å². The van der Waals surface area contributed by atoms with E-state index in [1.165, 1.54) is 68.6 Å². The third-order valence-corrected chi connectivity index (χ3v) is 7.65. The zero-order valence-electron chi connectivity index (χ0n) is 19.9. The number of carbonyl (C=O) groups is 2. The van der Waals surface area contributed by atoms with Gasteiger partial charge in [0, 0.05) is 17.2 Å². The lowest BCUT2D eigenvalue weighted by molar-refractivity contribution is -0.385. The van der Waals surface area contributed by atoms with Crippen molar-refractivity contribution in [1.29, 1.82) is 0 Å². The molecule has 0 unspecified atom stereocenters. The van der Waals surface area contributed by atoms with Gasteiger partial charge in [0.15, 0.2) is 11.5 Å². The highest BCUT2D eigenvalue weighted by Crippen LogP contribution is 2.36. The monoisotopic (exact) mass is 558 g/mol. The molecule has 3 aromatic rings. The summed E-state index contributed by atoms with van der Waals surface area (Å²) in [4.78, 5) is 36.3. The normalized spacial score (nSPS) is 14.7. The highest BCUT2D eigenvalue weighted by Gasteiger charge is 2.35. The molecule has 0 atom stereocenters. The smallest absolute Gasteiger partial charge is 0.339 e. The molecule has 3 aromatic carbocycles. The number of methoxy groups -OCH3 is 1. The van der Waals surface area contributed by atoms with Crippen LogP contribution in [-0.4, -0.2) is 36.5 Å². The molecule has 0 saturated carbocycles. The molecular weight excluding hydrogens is 539 g/mol. The predicted molar refractivity (Wildman–Crippen MR) is 137 cm³/mol. The van der Waals surface area contributed by atoms with E-state index < -0.39 is 36.9 Å². The van der Waals surface area contributed by atoms with Crippen LogP contribution in [0.3, 0.4) is 0 Å². The molecule has 13 heteroatoms. The molecule has 0 spiro atoms. The first-order valence-corrected chi connectivity index (χ1v) is 13.1. The number of halogens is 1. The zero-order valence-corrected chi connectivity index (χ0v) is 21.5. The second-order valence-corrected chi connectivity index (χ2v) is 10.6. The number of amides is 2. The molecule has 0 bridgehead atoms. The number of hydrogen-bond donors (Lipinski definition) is 0. The summed E-state index contributed by atoms with van der Waals surface area (Å²) in [7, 11) is -3.18. The molecular formula is C25H19FN2O8S2. The van der Waals surface area contributed by atoms with Crippen LogP contribution in [0.5, 0.6) is 11.5 Å². The largest absolute Gasteiger partial charge is 0.493 e. The van der Waals surface area contributed by atoms with Crippen molar-refractivity contribution in [3.05, 3.63) is 98.2 Å². The minimum atomic E-state index is -4.45. The topological polar surface area (TPSA) is 133 Å². The van der Waals surface area contributed by atoms with Crippen molar-refractivity contribution in [3.63, 3.8) is 0 Å². The Balaban J connectivity index is 1.57. The van der Waals surface area contributed by atoms with Crippen LogP contribution >= 0.6 is 11.8 Å². The van der Waals surface area contributed by atoms with Gasteiger partial charge in [-0.25, -0.2) is 4.39 Å². The molecule has 0 aliphatic carbocycles. The molecule has 38 heavy (non-hydrogen) atoms. The quantitative estimate of drug-likeness (QED) is 0.161. The molecule has 1 fully saturated rings. The lowest BCUT2D eigenvalue weighted by Crippen LogP contribution is -2.27. The van der Waals surface area contributed by atoms with E-state index in [2.05, 4.69) is 0 Å². The van der Waals surface area contributed by atoms with Gasteiger partial charge >= 0.3 is 10.1 Å². The van der Waals surface area contributed by atoms with Gasteiger partial charge in [-0.1, -0.05) is 30.3 Å². The van der Waals surface area contributed by atoms with Gasteiger partial charge in [0.1, 0.15) is 10.7 Å². The number of carbonyl (C=O) groups excluding carboxylic acids is 2. The minimum Gasteiger partial charge on any atom is -0.493 e. The van der Waals surface area contributed by atoms with Gasteiger partial charge in [-0.05, 0) is 54.6 Å². The van der Waals surface area contributed by atoms with Crippen LogP contribution in [0.2, 0.25) is 0 Å². The molecule has 1 aliphatic heterocycles. The first kappa shape index (κ1) is 26.8. The van der Waals surface area contributed by atoms with Crippen molar-refractivity contribution in [2.45, 2.75) is 18.4 Å². The molecule has 1 saturated heterocycles. The molecule has 1 heterocycles. The Hall–Kier alpha value is -4.23. The summed E-state index contributed by atoms with van der Waals surface area (Å²) in [6.45, 7) is 1.26. The maximum absolute atomic E-state index is 14.0. The van der Waals surface area contributed by atoms with Gasteiger partial charge in [0.05, 0.1) is 23.5 Å². The summed E-state index contributed by atoms with van der Waals surface area (Å²) in [6.07, 6.45) is 1.41. The average molecular weight is 559 g/mol. The molecule has 10 nitrogen and oxygen atoms in total. The Morgan fingerprint density at radius 2 is 1.82 bits per heavy atom. The van der Waals surface area contributed by atoms with Crippen molar-refractivity contribution >= 4 is 44.8 Å². The number of ether oxygens (including phenoxy) is 1. The highest BCUT2D eigenvalue weighted by atomic mass is 32.2. The maximum Gasteiger partial charge on any atom is 0.339 e. The number of imide groups is 1. The number of nitro groups is 1. The molecule has 0 aromatic heterocycles. The predicted octanol–water partition coefficient (Wildman–Crippen LogP) is 5.06. The zero-order chi connectivity index (χ0) is 27.6. The van der Waals surface area contributed by atoms with Crippen molar-refractivity contribution in [2.75, 3.05) is 7.11 Å². The molecule has 0 radical (unpaired) electrons. The van der Waals surface area contributed by atoms with Crippen molar-refractivity contribution in [2.24, 2.45) is 0 Å². The second-order valence-electron chi connectivity index (χ2n) is 8.01. The van der Waals surface area contributed by atoms with Crippen LogP contribution in [-0.2, 0) is 21.5 Å². The molecule has 196 valence electrons. The van der Waals surface area contributed by atoms with Crippen LogP contribution in [0.15, 0.2) is 70.5 Å². The Morgan fingerprint density at radius 1 is 1.08 bits per heavy atom. The van der Waals surface area contributed by atoms with Gasteiger partial charge in [-0.2, -0.15) is 8.42 Å². The van der Waals surface area contributed by atoms with Gasteiger partial charge < -0.3 is 8.92 Å². The Kier molecular flexibility index (Phi) is 7.51. The summed E-state index contributed by atoms with van der Waals surface area (Å²) in [5.74, 6) is -1.34. The Morgan fingerprint density at radius 3 is 2.50 bits per heavy atom. The summed E-state index contributed by atoms with van der Waals surface area (Å²) >= 11 is 0.685. The minimum absolute atomic E-state index is 0.00507. The summed E-state index contributed by atoms with van der Waals surface area (Å²) in [6, 6.07) is 13.3. The van der Waals surface area contributed by atoms with E-state index in [-0.39, 0.29) is 39.8 Å². The number of nitro benzene ring substituents is 1. The number of rotatable bonds is 8. The van der Waals surface area contributed by atoms with Crippen LogP contribution in [0.1, 0.15) is 16.7 Å². The molecule has 2 amide bonds. The standard InChI is InChI=1S/C25H19FN2O8S2/c1-15-7-9-18(13-20(15)28(31)32)38(33,34)36-21-10-8-16(11-22(21)35-2)12-23-24(29)27(25(30)37-23)14-17-5-3-4-6-19(17)26/h3-13H,14H2,1-2H3. The lowest BCUT2D eigenvalue weighted by Gasteiger charge is -2.13. The van der Waals surface area contributed by atoms with E-state index >= 15 is 0 Å². The fourth-order valence-corrected chi connectivity index (χ4v) is 5.33. The van der Waals surface area contributed by atoms with E-state index in [1.54, 1.807) is 6.07 Å². The van der Waals surface area contributed by atoms with Crippen molar-refractivity contribution in [1.82, 2.24) is 4.90 Å². The fourth-order valence-electron chi connectivity index (χ4n) is 3.54. The van der Waals surface area contributed by atoms with E-state index in [0.29, 0.717) is 17.3 Å². The van der Waals surface area contributed by atoms with Crippen LogP contribution in [0, 0.1) is 22.9 Å². The summed E-state index contributed by atoms with van der Waals surface area (Å²) in [5, 5.41) is 10.6. The number of nitrogens with zero attached hydrogens (tertiary/aromatic N) is 2. The Labute approximate surface area is 220 Å². The summed E-state index contributed by atoms with van der Waals surface area (Å²) < 4.78 is 50.0. The van der Waals surface area contributed by atoms with Gasteiger partial charge in [-0.3, -0.25) is 24.6 Å². The molecule has 0 N–H and O–H groups in total. The number of thioether (sulfide) groups is 1. The van der Waals surface area contributed by atoms with Gasteiger partial charge in [0.25, 0.3) is 16.8 Å².